The molecule has 0 amide bonds. The minimum atomic E-state index is -0.514. The fraction of sp³-hybridized carbons (Fsp3) is 0.0714. The van der Waals surface area contributed by atoms with Crippen molar-refractivity contribution in [3.05, 3.63) is 52.6 Å². The normalized spacial score (nSPS) is 10.7. The summed E-state index contributed by atoms with van der Waals surface area (Å²) in [5.74, 6) is 1.00. The number of benzene rings is 2. The first-order chi connectivity index (χ1) is 10.1. The van der Waals surface area contributed by atoms with E-state index in [-0.39, 0.29) is 11.2 Å². The Kier molecular flexibility index (Phi) is 2.94. The highest BCUT2D eigenvalue weighted by atomic mass is 16.6. The van der Waals surface area contributed by atoms with Crippen LogP contribution < -0.4 is 4.74 Å². The first-order valence-electron chi connectivity index (χ1n) is 6.10. The third-order valence-corrected chi connectivity index (χ3v) is 3.17. The molecule has 7 heteroatoms. The van der Waals surface area contributed by atoms with Crippen LogP contribution in [0.4, 0.5) is 5.69 Å². The Balaban J connectivity index is 2.14. The predicted molar refractivity (Wildman–Crippen MR) is 75.6 cm³/mol. The van der Waals surface area contributed by atoms with E-state index in [1.54, 1.807) is 31.4 Å². The van der Waals surface area contributed by atoms with Gasteiger partial charge in [0.25, 0.3) is 5.69 Å². The summed E-state index contributed by atoms with van der Waals surface area (Å²) >= 11 is 0. The van der Waals surface area contributed by atoms with Gasteiger partial charge in [0.1, 0.15) is 11.3 Å². The number of ether oxygens (including phenoxy) is 1. The zero-order valence-corrected chi connectivity index (χ0v) is 11.1. The molecular weight excluding hydrogens is 274 g/mol. The van der Waals surface area contributed by atoms with Crippen molar-refractivity contribution in [2.24, 2.45) is 0 Å². The van der Waals surface area contributed by atoms with Crippen LogP contribution in [0, 0.1) is 10.1 Å². The average Bonchev–Trinajstić information content (AvgIpc) is 2.84. The minimum absolute atomic E-state index is 0.0982. The van der Waals surface area contributed by atoms with Crippen LogP contribution in [-0.4, -0.2) is 27.0 Å². The van der Waals surface area contributed by atoms with Crippen LogP contribution >= 0.6 is 0 Å². The van der Waals surface area contributed by atoms with Crippen molar-refractivity contribution < 1.29 is 14.9 Å². The largest absolute Gasteiger partial charge is 0.497 e. The molecule has 0 saturated carbocycles. The molecule has 0 aliphatic heterocycles. The van der Waals surface area contributed by atoms with Gasteiger partial charge in [-0.1, -0.05) is 0 Å². The van der Waals surface area contributed by atoms with Gasteiger partial charge in [-0.3, -0.25) is 10.1 Å². The van der Waals surface area contributed by atoms with Gasteiger partial charge in [-0.05, 0) is 30.3 Å². The standard InChI is InChI=1S/C14H11N3O4/c1-21-11-5-2-9(3-6-11)14-15-12-7-4-10(17(19)20)8-13(12)16(14)18/h2-8,18H,1H3. The van der Waals surface area contributed by atoms with Gasteiger partial charge in [0, 0.05) is 17.7 Å². The summed E-state index contributed by atoms with van der Waals surface area (Å²) in [6.45, 7) is 0. The van der Waals surface area contributed by atoms with Crippen LogP contribution in [0.3, 0.4) is 0 Å². The number of nitro benzene ring substituents is 1. The second kappa shape index (κ2) is 4.78. The van der Waals surface area contributed by atoms with Crippen molar-refractivity contribution in [1.82, 2.24) is 9.71 Å². The Bertz CT molecular complexity index is 824. The SMILES string of the molecule is COc1ccc(-c2nc3ccc([N+](=O)[O-])cc3n2O)cc1. The van der Waals surface area contributed by atoms with Gasteiger partial charge in [0.15, 0.2) is 5.82 Å². The van der Waals surface area contributed by atoms with Crippen molar-refractivity contribution in [3.63, 3.8) is 0 Å². The van der Waals surface area contributed by atoms with Gasteiger partial charge in [0.05, 0.1) is 17.5 Å². The Hall–Kier alpha value is -3.09. The lowest BCUT2D eigenvalue weighted by Gasteiger charge is -2.03. The number of fused-ring (bicyclic) bond motifs is 1. The van der Waals surface area contributed by atoms with Gasteiger partial charge >= 0.3 is 0 Å². The first kappa shape index (κ1) is 12.9. The number of rotatable bonds is 3. The molecule has 0 saturated heterocycles. The van der Waals surface area contributed by atoms with Crippen LogP contribution in [0.5, 0.6) is 5.75 Å². The highest BCUT2D eigenvalue weighted by Gasteiger charge is 2.15. The lowest BCUT2D eigenvalue weighted by atomic mass is 10.2. The van der Waals surface area contributed by atoms with Crippen molar-refractivity contribution >= 4 is 16.7 Å². The molecule has 0 radical (unpaired) electrons. The van der Waals surface area contributed by atoms with Crippen molar-refractivity contribution in [2.75, 3.05) is 7.11 Å². The molecule has 0 bridgehead atoms. The maximum absolute atomic E-state index is 10.8. The number of nitrogens with zero attached hydrogens (tertiary/aromatic N) is 3. The Morgan fingerprint density at radius 1 is 1.24 bits per heavy atom. The summed E-state index contributed by atoms with van der Waals surface area (Å²) in [7, 11) is 1.56. The van der Waals surface area contributed by atoms with Crippen LogP contribution in [0.1, 0.15) is 0 Å². The van der Waals surface area contributed by atoms with Gasteiger partial charge < -0.3 is 9.94 Å². The molecule has 21 heavy (non-hydrogen) atoms. The third kappa shape index (κ3) is 2.14. The van der Waals surface area contributed by atoms with Crippen LogP contribution in [-0.2, 0) is 0 Å². The van der Waals surface area contributed by atoms with Crippen molar-refractivity contribution in [1.29, 1.82) is 0 Å². The number of hydrogen-bond donors (Lipinski definition) is 1. The molecule has 0 atom stereocenters. The van der Waals surface area contributed by atoms with Gasteiger partial charge in [-0.25, -0.2) is 4.98 Å². The molecule has 106 valence electrons. The zero-order valence-electron chi connectivity index (χ0n) is 11.1. The molecule has 7 nitrogen and oxygen atoms in total. The maximum Gasteiger partial charge on any atom is 0.271 e. The number of methoxy groups -OCH3 is 1. The van der Waals surface area contributed by atoms with Crippen molar-refractivity contribution in [2.45, 2.75) is 0 Å². The molecule has 0 unspecified atom stereocenters. The fourth-order valence-corrected chi connectivity index (χ4v) is 2.09. The lowest BCUT2D eigenvalue weighted by molar-refractivity contribution is -0.384. The van der Waals surface area contributed by atoms with E-state index in [2.05, 4.69) is 4.98 Å². The summed E-state index contributed by atoms with van der Waals surface area (Å²) in [4.78, 5) is 14.6. The third-order valence-electron chi connectivity index (χ3n) is 3.17. The Morgan fingerprint density at radius 2 is 1.95 bits per heavy atom. The fourth-order valence-electron chi connectivity index (χ4n) is 2.09. The second-order valence-electron chi connectivity index (χ2n) is 4.41. The molecular formula is C14H11N3O4. The van der Waals surface area contributed by atoms with Gasteiger partial charge in [0.2, 0.25) is 0 Å². The van der Waals surface area contributed by atoms with E-state index >= 15 is 0 Å². The number of imidazole rings is 1. The molecule has 3 rings (SSSR count). The predicted octanol–water partition coefficient (Wildman–Crippen LogP) is 2.86. The molecule has 1 heterocycles. The van der Waals surface area contributed by atoms with E-state index in [4.69, 9.17) is 4.74 Å². The van der Waals surface area contributed by atoms with E-state index in [0.29, 0.717) is 22.7 Å². The van der Waals surface area contributed by atoms with E-state index in [0.717, 1.165) is 4.73 Å². The molecule has 2 aromatic carbocycles. The number of hydrogen-bond acceptors (Lipinski definition) is 5. The quantitative estimate of drug-likeness (QED) is 0.454. The second-order valence-corrected chi connectivity index (χ2v) is 4.41. The Labute approximate surface area is 119 Å². The topological polar surface area (TPSA) is 90.4 Å². The van der Waals surface area contributed by atoms with Crippen LogP contribution in [0.25, 0.3) is 22.4 Å². The van der Waals surface area contributed by atoms with Crippen LogP contribution in [0.2, 0.25) is 0 Å². The molecule has 1 aromatic heterocycles. The summed E-state index contributed by atoms with van der Waals surface area (Å²) in [6.07, 6.45) is 0. The lowest BCUT2D eigenvalue weighted by Crippen LogP contribution is -1.95. The van der Waals surface area contributed by atoms with Crippen molar-refractivity contribution in [3.8, 4) is 17.1 Å². The molecule has 0 aliphatic rings. The first-order valence-corrected chi connectivity index (χ1v) is 6.10. The summed E-state index contributed by atoms with van der Waals surface area (Å²) < 4.78 is 5.92. The zero-order chi connectivity index (χ0) is 15.0. The van der Waals surface area contributed by atoms with Gasteiger partial charge in [-0.2, -0.15) is 4.73 Å². The highest BCUT2D eigenvalue weighted by molar-refractivity contribution is 5.82. The number of aromatic nitrogens is 2. The number of nitro groups is 1. The molecule has 1 N–H and O–H groups in total. The maximum atomic E-state index is 10.8. The molecule has 0 fully saturated rings. The van der Waals surface area contributed by atoms with E-state index in [1.807, 2.05) is 0 Å². The number of non-ortho nitro benzene ring substituents is 1. The molecule has 3 aromatic rings. The molecule has 0 aliphatic carbocycles. The summed E-state index contributed by atoms with van der Waals surface area (Å²) in [5, 5.41) is 21.0. The smallest absolute Gasteiger partial charge is 0.271 e. The summed E-state index contributed by atoms with van der Waals surface area (Å²) in [6, 6.07) is 11.1. The Morgan fingerprint density at radius 3 is 2.57 bits per heavy atom. The van der Waals surface area contributed by atoms with E-state index in [1.165, 1.54) is 18.2 Å². The van der Waals surface area contributed by atoms with Crippen LogP contribution in [0.15, 0.2) is 42.5 Å². The molecule has 0 spiro atoms. The monoisotopic (exact) mass is 285 g/mol. The van der Waals surface area contributed by atoms with E-state index in [9.17, 15) is 15.3 Å². The highest BCUT2D eigenvalue weighted by Crippen LogP contribution is 2.27. The van der Waals surface area contributed by atoms with Gasteiger partial charge in [-0.15, -0.1) is 0 Å². The van der Waals surface area contributed by atoms with E-state index < -0.39 is 4.92 Å². The summed E-state index contributed by atoms with van der Waals surface area (Å²) in [5.41, 5.74) is 1.35. The minimum Gasteiger partial charge on any atom is -0.497 e. The average molecular weight is 285 g/mol.